The monoisotopic (exact) mass is 299 g/mol. The third kappa shape index (κ3) is 3.04. The zero-order chi connectivity index (χ0) is 14.7. The first-order chi connectivity index (χ1) is 10.1. The molecule has 3 rings (SSSR count). The second kappa shape index (κ2) is 5.55. The van der Waals surface area contributed by atoms with Gasteiger partial charge >= 0.3 is 10.1 Å². The molecule has 0 aromatic heterocycles. The predicted molar refractivity (Wildman–Crippen MR) is 82.3 cm³/mol. The van der Waals surface area contributed by atoms with E-state index >= 15 is 0 Å². The molecule has 0 heterocycles. The number of benzene rings is 3. The van der Waals surface area contributed by atoms with E-state index < -0.39 is 10.1 Å². The van der Waals surface area contributed by atoms with Crippen molar-refractivity contribution in [3.05, 3.63) is 72.8 Å². The fourth-order valence-electron chi connectivity index (χ4n) is 1.98. The van der Waals surface area contributed by atoms with Gasteiger partial charge in [-0.25, -0.2) is 5.48 Å². The Morgan fingerprint density at radius 3 is 2.19 bits per heavy atom. The van der Waals surface area contributed by atoms with E-state index in [-0.39, 0.29) is 4.90 Å². The fraction of sp³-hybridized carbons (Fsp3) is 0. The van der Waals surface area contributed by atoms with Crippen LogP contribution < -0.4 is 5.48 Å². The highest BCUT2D eigenvalue weighted by Gasteiger charge is 2.16. The molecule has 3 aromatic carbocycles. The molecule has 0 aliphatic carbocycles. The van der Waals surface area contributed by atoms with Crippen LogP contribution in [0.4, 0.5) is 5.69 Å². The van der Waals surface area contributed by atoms with E-state index in [9.17, 15) is 8.42 Å². The zero-order valence-corrected chi connectivity index (χ0v) is 11.9. The van der Waals surface area contributed by atoms with Crippen LogP contribution in [0.5, 0.6) is 0 Å². The number of rotatable bonds is 4. The maximum Gasteiger partial charge on any atom is 0.317 e. The third-order valence-electron chi connectivity index (χ3n) is 3.05. The fourth-order valence-corrected chi connectivity index (χ4v) is 2.79. The van der Waals surface area contributed by atoms with Crippen molar-refractivity contribution in [2.45, 2.75) is 4.90 Å². The first-order valence-electron chi connectivity index (χ1n) is 6.38. The van der Waals surface area contributed by atoms with Gasteiger partial charge in [0.1, 0.15) is 0 Å². The Morgan fingerprint density at radius 1 is 0.762 bits per heavy atom. The molecule has 0 radical (unpaired) electrons. The van der Waals surface area contributed by atoms with E-state index in [1.54, 1.807) is 36.4 Å². The number of para-hydroxylation sites is 1. The summed E-state index contributed by atoms with van der Waals surface area (Å²) in [5.74, 6) is 0. The molecule has 4 nitrogen and oxygen atoms in total. The molecule has 0 saturated heterocycles. The Morgan fingerprint density at radius 2 is 1.43 bits per heavy atom. The molecule has 0 amide bonds. The van der Waals surface area contributed by atoms with Gasteiger partial charge < -0.3 is 0 Å². The van der Waals surface area contributed by atoms with Gasteiger partial charge in [-0.15, -0.1) is 4.28 Å². The second-order valence-electron chi connectivity index (χ2n) is 4.51. The minimum atomic E-state index is -3.86. The minimum Gasteiger partial charge on any atom is -0.249 e. The molecule has 0 aliphatic heterocycles. The van der Waals surface area contributed by atoms with E-state index in [0.29, 0.717) is 5.69 Å². The largest absolute Gasteiger partial charge is 0.317 e. The summed E-state index contributed by atoms with van der Waals surface area (Å²) in [4.78, 5) is 0.115. The topological polar surface area (TPSA) is 55.4 Å². The lowest BCUT2D eigenvalue weighted by Gasteiger charge is -2.08. The van der Waals surface area contributed by atoms with Gasteiger partial charge in [0.15, 0.2) is 0 Å². The molecule has 0 aliphatic rings. The van der Waals surface area contributed by atoms with Crippen molar-refractivity contribution in [1.82, 2.24) is 0 Å². The van der Waals surface area contributed by atoms with Gasteiger partial charge in [0.25, 0.3) is 0 Å². The molecule has 1 N–H and O–H groups in total. The minimum absolute atomic E-state index is 0.115. The molecule has 0 fully saturated rings. The van der Waals surface area contributed by atoms with Crippen molar-refractivity contribution in [3.63, 3.8) is 0 Å². The van der Waals surface area contributed by atoms with E-state index in [1.165, 1.54) is 6.07 Å². The van der Waals surface area contributed by atoms with Gasteiger partial charge in [-0.05, 0) is 35.0 Å². The SMILES string of the molecule is O=S(=O)(ONc1ccccc1)c1ccc2ccccc2c1. The quantitative estimate of drug-likeness (QED) is 0.748. The molecule has 106 valence electrons. The van der Waals surface area contributed by atoms with Crippen LogP contribution in [0.3, 0.4) is 0 Å². The Kier molecular flexibility index (Phi) is 3.60. The van der Waals surface area contributed by atoms with Crippen molar-refractivity contribution < 1.29 is 12.7 Å². The molecule has 3 aromatic rings. The smallest absolute Gasteiger partial charge is 0.249 e. The van der Waals surface area contributed by atoms with Crippen LogP contribution in [0.1, 0.15) is 0 Å². The number of hydrogen-bond donors (Lipinski definition) is 1. The van der Waals surface area contributed by atoms with Gasteiger partial charge in [-0.2, -0.15) is 8.42 Å². The van der Waals surface area contributed by atoms with Gasteiger partial charge in [-0.1, -0.05) is 48.5 Å². The summed E-state index contributed by atoms with van der Waals surface area (Å²) >= 11 is 0. The van der Waals surface area contributed by atoms with E-state index in [0.717, 1.165) is 10.8 Å². The summed E-state index contributed by atoms with van der Waals surface area (Å²) < 4.78 is 29.2. The molecular weight excluding hydrogens is 286 g/mol. The molecule has 21 heavy (non-hydrogen) atoms. The highest BCUT2D eigenvalue weighted by Crippen LogP contribution is 2.20. The Labute approximate surface area is 123 Å². The highest BCUT2D eigenvalue weighted by atomic mass is 32.2. The predicted octanol–water partition coefficient (Wildman–Crippen LogP) is 3.57. The maximum absolute atomic E-state index is 12.2. The van der Waals surface area contributed by atoms with Gasteiger partial charge in [0.05, 0.1) is 10.6 Å². The van der Waals surface area contributed by atoms with Crippen LogP contribution in [-0.4, -0.2) is 8.42 Å². The third-order valence-corrected chi connectivity index (χ3v) is 4.19. The first-order valence-corrected chi connectivity index (χ1v) is 7.79. The van der Waals surface area contributed by atoms with Crippen molar-refractivity contribution in [2.24, 2.45) is 0 Å². The molecule has 0 bridgehead atoms. The summed E-state index contributed by atoms with van der Waals surface area (Å²) in [6, 6.07) is 21.3. The Balaban J connectivity index is 1.86. The Bertz CT molecular complexity index is 861. The number of nitrogens with one attached hydrogen (secondary N) is 1. The lowest BCUT2D eigenvalue weighted by atomic mass is 10.1. The highest BCUT2D eigenvalue weighted by molar-refractivity contribution is 7.86. The summed E-state index contributed by atoms with van der Waals surface area (Å²) in [7, 11) is -3.86. The summed E-state index contributed by atoms with van der Waals surface area (Å²) in [5.41, 5.74) is 3.01. The lowest BCUT2D eigenvalue weighted by molar-refractivity contribution is 0.391. The van der Waals surface area contributed by atoms with Crippen molar-refractivity contribution >= 4 is 26.6 Å². The van der Waals surface area contributed by atoms with Gasteiger partial charge in [0, 0.05) is 0 Å². The van der Waals surface area contributed by atoms with Crippen LogP contribution in [0, 0.1) is 0 Å². The molecule has 5 heteroatoms. The molecular formula is C16H13NO3S. The van der Waals surface area contributed by atoms with E-state index in [4.69, 9.17) is 4.28 Å². The average molecular weight is 299 g/mol. The van der Waals surface area contributed by atoms with Crippen LogP contribution in [-0.2, 0) is 14.4 Å². The van der Waals surface area contributed by atoms with Crippen molar-refractivity contribution in [1.29, 1.82) is 0 Å². The standard InChI is InChI=1S/C16H13NO3S/c18-21(19,20-17-15-8-2-1-3-9-15)16-11-10-13-6-4-5-7-14(13)12-16/h1-12,17H. The van der Waals surface area contributed by atoms with Crippen molar-refractivity contribution in [2.75, 3.05) is 5.48 Å². The summed E-state index contributed by atoms with van der Waals surface area (Å²) in [5, 5.41) is 1.83. The summed E-state index contributed by atoms with van der Waals surface area (Å²) in [6.45, 7) is 0. The normalized spacial score (nSPS) is 11.4. The summed E-state index contributed by atoms with van der Waals surface area (Å²) in [6.07, 6.45) is 0. The van der Waals surface area contributed by atoms with Crippen LogP contribution >= 0.6 is 0 Å². The zero-order valence-electron chi connectivity index (χ0n) is 11.1. The number of anilines is 1. The maximum atomic E-state index is 12.2. The van der Waals surface area contributed by atoms with Crippen LogP contribution in [0.25, 0.3) is 10.8 Å². The van der Waals surface area contributed by atoms with Gasteiger partial charge in [-0.3, -0.25) is 0 Å². The molecule has 0 spiro atoms. The van der Waals surface area contributed by atoms with Crippen molar-refractivity contribution in [3.8, 4) is 0 Å². The van der Waals surface area contributed by atoms with Crippen LogP contribution in [0.15, 0.2) is 77.7 Å². The van der Waals surface area contributed by atoms with Gasteiger partial charge in [0.2, 0.25) is 0 Å². The molecule has 0 atom stereocenters. The lowest BCUT2D eigenvalue weighted by Crippen LogP contribution is -2.11. The van der Waals surface area contributed by atoms with Crippen LogP contribution in [0.2, 0.25) is 0 Å². The number of fused-ring (bicyclic) bond motifs is 1. The van der Waals surface area contributed by atoms with E-state index in [1.807, 2.05) is 30.3 Å². The molecule has 0 unspecified atom stereocenters. The molecule has 0 saturated carbocycles. The first kappa shape index (κ1) is 13.6. The number of hydrogen-bond acceptors (Lipinski definition) is 4. The Hall–Kier alpha value is -2.37. The average Bonchev–Trinajstić information content (AvgIpc) is 2.53. The second-order valence-corrected chi connectivity index (χ2v) is 6.06. The van der Waals surface area contributed by atoms with E-state index in [2.05, 4.69) is 5.48 Å².